The van der Waals surface area contributed by atoms with Crippen LogP contribution >= 0.6 is 0 Å². The fourth-order valence-corrected chi connectivity index (χ4v) is 2.71. The number of anilines is 2. The molecule has 0 saturated carbocycles. The summed E-state index contributed by atoms with van der Waals surface area (Å²) in [6, 6.07) is 19.5. The van der Waals surface area contributed by atoms with Gasteiger partial charge in [0.05, 0.1) is 5.92 Å². The van der Waals surface area contributed by atoms with E-state index < -0.39 is 11.9 Å². The number of carbonyl (C=O) groups is 1. The first-order valence-corrected chi connectivity index (χ1v) is 8.52. The predicted molar refractivity (Wildman–Crippen MR) is 102 cm³/mol. The lowest BCUT2D eigenvalue weighted by Gasteiger charge is -2.16. The van der Waals surface area contributed by atoms with Gasteiger partial charge in [-0.1, -0.05) is 55.5 Å². The first-order valence-electron chi connectivity index (χ1n) is 8.52. The highest BCUT2D eigenvalue weighted by Gasteiger charge is 2.19. The maximum atomic E-state index is 11.3. The summed E-state index contributed by atoms with van der Waals surface area (Å²) in [5.41, 5.74) is 3.42. The Balaban J connectivity index is 2.06. The number of nitrogens with zero attached hydrogens (tertiary/aromatic N) is 2. The van der Waals surface area contributed by atoms with Crippen molar-refractivity contribution in [2.75, 3.05) is 5.32 Å². The Labute approximate surface area is 152 Å². The number of hydrogen-bond donors (Lipinski definition) is 2. The molecule has 0 fully saturated rings. The van der Waals surface area contributed by atoms with Gasteiger partial charge in [0.15, 0.2) is 5.82 Å². The Kier molecular flexibility index (Phi) is 5.27. The summed E-state index contributed by atoms with van der Waals surface area (Å²) in [4.78, 5) is 20.6. The van der Waals surface area contributed by atoms with Crippen LogP contribution in [0.5, 0.6) is 0 Å². The number of para-hydroxylation sites is 1. The van der Waals surface area contributed by atoms with E-state index in [1.165, 1.54) is 0 Å². The van der Waals surface area contributed by atoms with Gasteiger partial charge in [0.2, 0.25) is 0 Å². The number of rotatable bonds is 6. The molecule has 0 spiro atoms. The predicted octanol–water partition coefficient (Wildman–Crippen LogP) is 4.46. The van der Waals surface area contributed by atoms with Gasteiger partial charge in [-0.05, 0) is 25.5 Å². The van der Waals surface area contributed by atoms with Crippen molar-refractivity contribution in [2.24, 2.45) is 5.92 Å². The van der Waals surface area contributed by atoms with Crippen molar-refractivity contribution in [3.8, 4) is 11.4 Å². The maximum absolute atomic E-state index is 11.3. The van der Waals surface area contributed by atoms with E-state index >= 15 is 0 Å². The van der Waals surface area contributed by atoms with Gasteiger partial charge in [-0.2, -0.15) is 0 Å². The van der Waals surface area contributed by atoms with Crippen LogP contribution < -0.4 is 5.32 Å². The molecule has 1 atom stereocenters. The number of nitrogens with one attached hydrogen (secondary N) is 1. The smallest absolute Gasteiger partial charge is 0.306 e. The van der Waals surface area contributed by atoms with Gasteiger partial charge in [0.25, 0.3) is 0 Å². The first kappa shape index (κ1) is 17.6. The molecule has 1 aromatic heterocycles. The van der Waals surface area contributed by atoms with Crippen LogP contribution in [0.3, 0.4) is 0 Å². The van der Waals surface area contributed by atoms with Gasteiger partial charge in [-0.3, -0.25) is 4.79 Å². The van der Waals surface area contributed by atoms with Crippen molar-refractivity contribution < 1.29 is 9.90 Å². The minimum Gasteiger partial charge on any atom is -0.481 e. The lowest BCUT2D eigenvalue weighted by Crippen LogP contribution is -2.15. The van der Waals surface area contributed by atoms with E-state index in [2.05, 4.69) is 10.3 Å². The van der Waals surface area contributed by atoms with Gasteiger partial charge in [0.1, 0.15) is 5.82 Å². The summed E-state index contributed by atoms with van der Waals surface area (Å²) in [6.07, 6.45) is 0.366. The van der Waals surface area contributed by atoms with E-state index in [1.807, 2.05) is 67.6 Å². The molecule has 2 aromatic carbocycles. The minimum absolute atomic E-state index is 0.366. The number of aromatic nitrogens is 2. The molecule has 0 aliphatic rings. The second-order valence-corrected chi connectivity index (χ2v) is 6.26. The monoisotopic (exact) mass is 347 g/mol. The Bertz CT molecular complexity index is 896. The van der Waals surface area contributed by atoms with Crippen molar-refractivity contribution in [3.63, 3.8) is 0 Å². The highest BCUT2D eigenvalue weighted by Crippen LogP contribution is 2.27. The third-order valence-electron chi connectivity index (χ3n) is 4.21. The van der Waals surface area contributed by atoms with Crippen LogP contribution in [0, 0.1) is 12.8 Å². The molecule has 1 unspecified atom stereocenters. The van der Waals surface area contributed by atoms with Crippen molar-refractivity contribution in [3.05, 3.63) is 71.9 Å². The third kappa shape index (κ3) is 4.06. The fourth-order valence-electron chi connectivity index (χ4n) is 2.71. The van der Waals surface area contributed by atoms with Crippen LogP contribution in [0.4, 0.5) is 11.5 Å². The summed E-state index contributed by atoms with van der Waals surface area (Å²) in [5.74, 6) is -0.0812. The van der Waals surface area contributed by atoms with Gasteiger partial charge >= 0.3 is 5.97 Å². The molecular formula is C21H21N3O2. The molecular weight excluding hydrogens is 326 g/mol. The zero-order chi connectivity index (χ0) is 18.5. The van der Waals surface area contributed by atoms with Crippen LogP contribution in [0.15, 0.2) is 60.7 Å². The molecule has 0 aliphatic carbocycles. The highest BCUT2D eigenvalue weighted by atomic mass is 16.4. The molecule has 3 rings (SSSR count). The van der Waals surface area contributed by atoms with Crippen LogP contribution in [0.25, 0.3) is 11.4 Å². The van der Waals surface area contributed by atoms with Crippen molar-refractivity contribution in [2.45, 2.75) is 20.3 Å². The molecule has 2 N–H and O–H groups in total. The van der Waals surface area contributed by atoms with Crippen LogP contribution in [-0.2, 0) is 11.2 Å². The first-order chi connectivity index (χ1) is 12.5. The summed E-state index contributed by atoms with van der Waals surface area (Å²) >= 11 is 0. The SMILES string of the molecule is Cc1nc(-c2ccccc2)nc(Nc2ccccc2)c1CC(C)C(=O)O. The van der Waals surface area contributed by atoms with E-state index in [-0.39, 0.29) is 0 Å². The molecule has 0 amide bonds. The van der Waals surface area contributed by atoms with Crippen molar-refractivity contribution >= 4 is 17.5 Å². The quantitative estimate of drug-likeness (QED) is 0.688. The Morgan fingerprint density at radius 1 is 1.04 bits per heavy atom. The number of benzene rings is 2. The second-order valence-electron chi connectivity index (χ2n) is 6.26. The minimum atomic E-state index is -0.831. The van der Waals surface area contributed by atoms with Gasteiger partial charge in [-0.25, -0.2) is 9.97 Å². The summed E-state index contributed by atoms with van der Waals surface area (Å²) in [6.45, 7) is 3.59. The molecule has 0 aliphatic heterocycles. The molecule has 132 valence electrons. The summed E-state index contributed by atoms with van der Waals surface area (Å²) in [5, 5.41) is 12.6. The zero-order valence-electron chi connectivity index (χ0n) is 14.8. The van der Waals surface area contributed by atoms with Gasteiger partial charge in [-0.15, -0.1) is 0 Å². The van der Waals surface area contributed by atoms with E-state index in [4.69, 9.17) is 4.98 Å². The Morgan fingerprint density at radius 2 is 1.65 bits per heavy atom. The highest BCUT2D eigenvalue weighted by molar-refractivity contribution is 5.71. The third-order valence-corrected chi connectivity index (χ3v) is 4.21. The lowest BCUT2D eigenvalue weighted by atomic mass is 10.00. The van der Waals surface area contributed by atoms with Crippen LogP contribution in [0.2, 0.25) is 0 Å². The summed E-state index contributed by atoms with van der Waals surface area (Å²) < 4.78 is 0. The van der Waals surface area contributed by atoms with Crippen LogP contribution in [-0.4, -0.2) is 21.0 Å². The second kappa shape index (κ2) is 7.78. The Morgan fingerprint density at radius 3 is 2.27 bits per heavy atom. The van der Waals surface area contributed by atoms with Gasteiger partial charge < -0.3 is 10.4 Å². The number of carboxylic acids is 1. The number of carboxylic acid groups (broad SMARTS) is 1. The van der Waals surface area contributed by atoms with E-state index in [9.17, 15) is 9.90 Å². The number of hydrogen-bond acceptors (Lipinski definition) is 4. The van der Waals surface area contributed by atoms with Gasteiger partial charge in [0, 0.05) is 22.5 Å². The molecule has 5 nitrogen and oxygen atoms in total. The van der Waals surface area contributed by atoms with Crippen LogP contribution in [0.1, 0.15) is 18.2 Å². The number of aryl methyl sites for hydroxylation is 1. The average molecular weight is 347 g/mol. The molecule has 5 heteroatoms. The molecule has 1 heterocycles. The molecule has 0 saturated heterocycles. The maximum Gasteiger partial charge on any atom is 0.306 e. The van der Waals surface area contributed by atoms with E-state index in [0.29, 0.717) is 18.1 Å². The molecule has 26 heavy (non-hydrogen) atoms. The molecule has 3 aromatic rings. The zero-order valence-corrected chi connectivity index (χ0v) is 14.8. The standard InChI is InChI=1S/C21H21N3O2/c1-14(21(25)26)13-18-15(2)22-19(16-9-5-3-6-10-16)24-20(18)23-17-11-7-4-8-12-17/h3-12,14H,13H2,1-2H3,(H,25,26)(H,22,23,24). The topological polar surface area (TPSA) is 75.1 Å². The van der Waals surface area contributed by atoms with E-state index in [0.717, 1.165) is 22.5 Å². The average Bonchev–Trinajstić information content (AvgIpc) is 2.65. The summed E-state index contributed by atoms with van der Waals surface area (Å²) in [7, 11) is 0. The molecule has 0 radical (unpaired) electrons. The van der Waals surface area contributed by atoms with Crippen molar-refractivity contribution in [1.82, 2.24) is 9.97 Å². The van der Waals surface area contributed by atoms with E-state index in [1.54, 1.807) is 6.92 Å². The largest absolute Gasteiger partial charge is 0.481 e. The number of aliphatic carboxylic acids is 1. The molecule has 0 bridgehead atoms. The fraction of sp³-hybridized carbons (Fsp3) is 0.190. The Hall–Kier alpha value is -3.21. The normalized spacial score (nSPS) is 11.8. The van der Waals surface area contributed by atoms with Crippen molar-refractivity contribution in [1.29, 1.82) is 0 Å². The lowest BCUT2D eigenvalue weighted by molar-refractivity contribution is -0.141.